The van der Waals surface area contributed by atoms with E-state index in [1.54, 1.807) is 0 Å². The summed E-state index contributed by atoms with van der Waals surface area (Å²) in [5, 5.41) is 7.05. The summed E-state index contributed by atoms with van der Waals surface area (Å²) in [6.07, 6.45) is 0.898. The van der Waals surface area contributed by atoms with Gasteiger partial charge in [0.15, 0.2) is 5.13 Å². The first-order valence-electron chi connectivity index (χ1n) is 6.64. The summed E-state index contributed by atoms with van der Waals surface area (Å²) in [6, 6.07) is 0.150. The lowest BCUT2D eigenvalue weighted by molar-refractivity contribution is 0.0944. The van der Waals surface area contributed by atoms with Gasteiger partial charge in [0, 0.05) is 32.2 Å². The molecular formula is C12H21N5OS. The van der Waals surface area contributed by atoms with Crippen molar-refractivity contribution >= 4 is 28.2 Å². The second-order valence-corrected chi connectivity index (χ2v) is 5.71. The van der Waals surface area contributed by atoms with E-state index >= 15 is 0 Å². The topological polar surface area (TPSA) is 83.3 Å². The van der Waals surface area contributed by atoms with Crippen LogP contribution in [-0.4, -0.2) is 43.1 Å². The molecule has 19 heavy (non-hydrogen) atoms. The molecule has 6 nitrogen and oxygen atoms in total. The van der Waals surface area contributed by atoms with Crippen molar-refractivity contribution in [3.05, 3.63) is 4.88 Å². The van der Waals surface area contributed by atoms with E-state index in [9.17, 15) is 4.79 Å². The van der Waals surface area contributed by atoms with Gasteiger partial charge < -0.3 is 21.3 Å². The molecular weight excluding hydrogens is 262 g/mol. The van der Waals surface area contributed by atoms with Crippen molar-refractivity contribution in [2.75, 3.05) is 36.8 Å². The molecule has 7 heteroatoms. The number of thiazole rings is 1. The van der Waals surface area contributed by atoms with Crippen molar-refractivity contribution < 1.29 is 4.79 Å². The number of carbonyl (C=O) groups excluding carboxylic acids is 1. The highest BCUT2D eigenvalue weighted by atomic mass is 32.1. The van der Waals surface area contributed by atoms with E-state index in [4.69, 9.17) is 5.73 Å². The SMILES string of the molecule is CCC(C)NC(=O)c1sc(N2CCNCC2)nc1N. The van der Waals surface area contributed by atoms with E-state index in [2.05, 4.69) is 20.5 Å². The average molecular weight is 283 g/mol. The summed E-state index contributed by atoms with van der Waals surface area (Å²) in [7, 11) is 0. The molecule has 0 saturated carbocycles. The molecule has 1 unspecified atom stereocenters. The van der Waals surface area contributed by atoms with Gasteiger partial charge in [-0.2, -0.15) is 0 Å². The maximum atomic E-state index is 12.1. The van der Waals surface area contributed by atoms with E-state index in [1.807, 2.05) is 13.8 Å². The molecule has 1 aliphatic heterocycles. The highest BCUT2D eigenvalue weighted by Crippen LogP contribution is 2.28. The highest BCUT2D eigenvalue weighted by Gasteiger charge is 2.21. The summed E-state index contributed by atoms with van der Waals surface area (Å²) in [5.41, 5.74) is 5.86. The predicted octanol–water partition coefficient (Wildman–Crippen LogP) is 0.663. The summed E-state index contributed by atoms with van der Waals surface area (Å²) in [5.74, 6) is 0.213. The maximum absolute atomic E-state index is 12.1. The maximum Gasteiger partial charge on any atom is 0.265 e. The molecule has 0 bridgehead atoms. The monoisotopic (exact) mass is 283 g/mol. The number of nitrogen functional groups attached to an aromatic ring is 1. The minimum Gasteiger partial charge on any atom is -0.382 e. The molecule has 1 aromatic rings. The fourth-order valence-electron chi connectivity index (χ4n) is 1.87. The Morgan fingerprint density at radius 1 is 1.58 bits per heavy atom. The smallest absolute Gasteiger partial charge is 0.265 e. The third-order valence-electron chi connectivity index (χ3n) is 3.23. The first-order valence-corrected chi connectivity index (χ1v) is 7.46. The van der Waals surface area contributed by atoms with Crippen LogP contribution in [0.25, 0.3) is 0 Å². The van der Waals surface area contributed by atoms with Crippen LogP contribution < -0.4 is 21.3 Å². The van der Waals surface area contributed by atoms with E-state index < -0.39 is 0 Å². The van der Waals surface area contributed by atoms with Crippen LogP contribution in [0, 0.1) is 0 Å². The zero-order valence-electron chi connectivity index (χ0n) is 11.4. The van der Waals surface area contributed by atoms with Crippen molar-refractivity contribution in [3.63, 3.8) is 0 Å². The lowest BCUT2D eigenvalue weighted by Crippen LogP contribution is -2.43. The number of amides is 1. The molecule has 1 amide bonds. The Morgan fingerprint density at radius 3 is 2.89 bits per heavy atom. The Balaban J connectivity index is 2.09. The third-order valence-corrected chi connectivity index (χ3v) is 4.36. The summed E-state index contributed by atoms with van der Waals surface area (Å²) < 4.78 is 0. The van der Waals surface area contributed by atoms with E-state index in [1.165, 1.54) is 11.3 Å². The first-order chi connectivity index (χ1) is 9.11. The molecule has 1 saturated heterocycles. The van der Waals surface area contributed by atoms with Crippen LogP contribution in [0.1, 0.15) is 29.9 Å². The number of nitrogens with two attached hydrogens (primary N) is 1. The Morgan fingerprint density at radius 2 is 2.26 bits per heavy atom. The number of piperazine rings is 1. The van der Waals surface area contributed by atoms with Gasteiger partial charge in [0.25, 0.3) is 5.91 Å². The van der Waals surface area contributed by atoms with Gasteiger partial charge in [-0.05, 0) is 13.3 Å². The molecule has 1 atom stereocenters. The van der Waals surface area contributed by atoms with Crippen LogP contribution in [0.4, 0.5) is 10.9 Å². The summed E-state index contributed by atoms with van der Waals surface area (Å²) >= 11 is 1.38. The van der Waals surface area contributed by atoms with Crippen LogP contribution in [-0.2, 0) is 0 Å². The van der Waals surface area contributed by atoms with Crippen molar-refractivity contribution in [1.29, 1.82) is 0 Å². The minimum atomic E-state index is -0.120. The Bertz CT molecular complexity index is 441. The van der Waals surface area contributed by atoms with Crippen LogP contribution >= 0.6 is 11.3 Å². The fraction of sp³-hybridized carbons (Fsp3) is 0.667. The zero-order chi connectivity index (χ0) is 13.8. The fourth-order valence-corrected chi connectivity index (χ4v) is 2.81. The number of anilines is 2. The standard InChI is InChI=1S/C12H21N5OS/c1-3-8(2)15-11(18)9-10(13)16-12(19-9)17-6-4-14-5-7-17/h8,14H,3-7,13H2,1-2H3,(H,15,18). The quantitative estimate of drug-likeness (QED) is 0.756. The van der Waals surface area contributed by atoms with Crippen LogP contribution in [0.5, 0.6) is 0 Å². The number of hydrogen-bond acceptors (Lipinski definition) is 6. The summed E-state index contributed by atoms with van der Waals surface area (Å²) in [6.45, 7) is 7.69. The molecule has 0 radical (unpaired) electrons. The molecule has 1 fully saturated rings. The van der Waals surface area contributed by atoms with Crippen molar-refractivity contribution in [1.82, 2.24) is 15.6 Å². The Labute approximate surface area is 117 Å². The normalized spacial score (nSPS) is 17.3. The molecule has 0 aromatic carbocycles. The number of hydrogen-bond donors (Lipinski definition) is 3. The number of nitrogens with zero attached hydrogens (tertiary/aromatic N) is 2. The molecule has 106 valence electrons. The largest absolute Gasteiger partial charge is 0.382 e. The van der Waals surface area contributed by atoms with E-state index in [0.29, 0.717) is 10.7 Å². The number of carbonyl (C=O) groups is 1. The molecule has 4 N–H and O–H groups in total. The lowest BCUT2D eigenvalue weighted by atomic mass is 10.2. The van der Waals surface area contributed by atoms with Gasteiger partial charge in [-0.3, -0.25) is 4.79 Å². The van der Waals surface area contributed by atoms with Crippen molar-refractivity contribution in [3.8, 4) is 0 Å². The second kappa shape index (κ2) is 6.21. The number of aromatic nitrogens is 1. The van der Waals surface area contributed by atoms with Gasteiger partial charge in [-0.1, -0.05) is 18.3 Å². The molecule has 2 rings (SSSR count). The van der Waals surface area contributed by atoms with Crippen LogP contribution in [0.15, 0.2) is 0 Å². The van der Waals surface area contributed by atoms with Gasteiger partial charge >= 0.3 is 0 Å². The first kappa shape index (κ1) is 14.1. The molecule has 1 aromatic heterocycles. The number of nitrogens with one attached hydrogen (secondary N) is 2. The zero-order valence-corrected chi connectivity index (χ0v) is 12.2. The molecule has 0 aliphatic carbocycles. The van der Waals surface area contributed by atoms with Gasteiger partial charge in [0.05, 0.1) is 0 Å². The lowest BCUT2D eigenvalue weighted by Gasteiger charge is -2.26. The van der Waals surface area contributed by atoms with E-state index in [-0.39, 0.29) is 11.9 Å². The van der Waals surface area contributed by atoms with Gasteiger partial charge in [-0.25, -0.2) is 4.98 Å². The number of rotatable bonds is 4. The van der Waals surface area contributed by atoms with E-state index in [0.717, 1.165) is 37.7 Å². The van der Waals surface area contributed by atoms with Gasteiger partial charge in [-0.15, -0.1) is 0 Å². The van der Waals surface area contributed by atoms with Crippen molar-refractivity contribution in [2.24, 2.45) is 0 Å². The van der Waals surface area contributed by atoms with Gasteiger partial charge in [0.2, 0.25) is 0 Å². The predicted molar refractivity (Wildman–Crippen MR) is 78.8 cm³/mol. The Kier molecular flexibility index (Phi) is 4.60. The molecule has 0 spiro atoms. The Hall–Kier alpha value is -1.34. The minimum absolute atomic E-state index is 0.120. The van der Waals surface area contributed by atoms with Crippen molar-refractivity contribution in [2.45, 2.75) is 26.3 Å². The third kappa shape index (κ3) is 3.36. The molecule has 1 aliphatic rings. The molecule has 2 heterocycles. The summed E-state index contributed by atoms with van der Waals surface area (Å²) in [4.78, 5) is 19.1. The highest BCUT2D eigenvalue weighted by molar-refractivity contribution is 7.18. The van der Waals surface area contributed by atoms with Crippen LogP contribution in [0.3, 0.4) is 0 Å². The van der Waals surface area contributed by atoms with Crippen LogP contribution in [0.2, 0.25) is 0 Å². The average Bonchev–Trinajstić information content (AvgIpc) is 2.81. The second-order valence-electron chi connectivity index (χ2n) is 4.73. The van der Waals surface area contributed by atoms with Gasteiger partial charge in [0.1, 0.15) is 10.7 Å².